The molecule has 0 amide bonds. The molecule has 1 aliphatic carbocycles. The van der Waals surface area contributed by atoms with Gasteiger partial charge in [0.05, 0.1) is 31.1 Å². The highest BCUT2D eigenvalue weighted by atomic mass is 32.2. The van der Waals surface area contributed by atoms with Gasteiger partial charge < -0.3 is 29.7 Å². The van der Waals surface area contributed by atoms with Crippen molar-refractivity contribution in [1.82, 2.24) is 24.5 Å². The molecule has 5 heterocycles. The van der Waals surface area contributed by atoms with Crippen LogP contribution in [0.1, 0.15) is 42.5 Å². The molecule has 5 aliphatic rings. The van der Waals surface area contributed by atoms with Gasteiger partial charge in [-0.15, -0.1) is 6.42 Å². The van der Waals surface area contributed by atoms with Crippen molar-refractivity contribution in [3.63, 3.8) is 0 Å². The average Bonchev–Trinajstić information content (AvgIpc) is 3.81. The molecule has 1 unspecified atom stereocenters. The molecule has 3 aromatic rings. The van der Waals surface area contributed by atoms with E-state index in [2.05, 4.69) is 26.0 Å². The lowest BCUT2D eigenvalue weighted by molar-refractivity contribution is -0.0346. The molecule has 2 aromatic carbocycles. The van der Waals surface area contributed by atoms with Crippen molar-refractivity contribution in [2.45, 2.75) is 30.6 Å². The highest BCUT2D eigenvalue weighted by Gasteiger charge is 2.46. The quantitative estimate of drug-likeness (QED) is 0.321. The number of anilines is 1. The molecule has 49 heavy (non-hydrogen) atoms. The lowest BCUT2D eigenvalue weighted by Gasteiger charge is -2.49. The van der Waals surface area contributed by atoms with Crippen LogP contribution in [0.4, 0.5) is 14.6 Å². The van der Waals surface area contributed by atoms with E-state index in [9.17, 15) is 9.32 Å². The zero-order chi connectivity index (χ0) is 34.1. The number of fused-ring (bicyclic) bond motifs is 2. The first kappa shape index (κ1) is 32.4. The minimum atomic E-state index is -1.99. The Kier molecular flexibility index (Phi) is 8.06. The monoisotopic (exact) mass is 690 g/mol. The summed E-state index contributed by atoms with van der Waals surface area (Å²) in [5, 5.41) is 14.9. The standard InChI is InChI=1S/C36H40F2N6O4S/c1-4-25-27(37)6-5-23-13-24(45)14-26(28(23)25)31-29(38)30-32(49(46)44(31)15-22-16-47-17-22)33(43-11-9-35(10-12-43)18-39-19-35)41-34(40-30)48-21-36(7-8-36)20-42(2)3/h1,5-6,13-14,22,39,45H,7-12,15-21H2,2-3H3. The number of aromatic nitrogens is 2. The molecular formula is C36H40F2N6O4S. The summed E-state index contributed by atoms with van der Waals surface area (Å²) in [6, 6.07) is 5.52. The van der Waals surface area contributed by atoms with Crippen LogP contribution < -0.4 is 15.0 Å². The van der Waals surface area contributed by atoms with Crippen LogP contribution in [-0.2, 0) is 15.7 Å². The van der Waals surface area contributed by atoms with Gasteiger partial charge in [-0.1, -0.05) is 12.0 Å². The first-order valence-electron chi connectivity index (χ1n) is 16.8. The van der Waals surface area contributed by atoms with E-state index < -0.39 is 22.6 Å². The van der Waals surface area contributed by atoms with Crippen molar-refractivity contribution in [2.24, 2.45) is 16.7 Å². The lowest BCUT2D eigenvalue weighted by Crippen LogP contribution is -2.58. The van der Waals surface area contributed by atoms with Crippen LogP contribution in [0.25, 0.3) is 22.3 Å². The Morgan fingerprint density at radius 3 is 2.53 bits per heavy atom. The van der Waals surface area contributed by atoms with Gasteiger partial charge >= 0.3 is 6.01 Å². The van der Waals surface area contributed by atoms with E-state index in [0.717, 1.165) is 45.3 Å². The first-order valence-corrected chi connectivity index (χ1v) is 17.9. The van der Waals surface area contributed by atoms with Crippen molar-refractivity contribution in [1.29, 1.82) is 0 Å². The van der Waals surface area contributed by atoms with E-state index >= 15 is 8.78 Å². The van der Waals surface area contributed by atoms with Crippen LogP contribution in [0, 0.1) is 34.9 Å². The van der Waals surface area contributed by atoms with Gasteiger partial charge in [0.1, 0.15) is 22.2 Å². The molecule has 0 bridgehead atoms. The molecule has 13 heteroatoms. The van der Waals surface area contributed by atoms with Gasteiger partial charge in [-0.2, -0.15) is 9.97 Å². The highest BCUT2D eigenvalue weighted by Crippen LogP contribution is 2.49. The summed E-state index contributed by atoms with van der Waals surface area (Å²) in [7, 11) is 2.06. The average molecular weight is 691 g/mol. The van der Waals surface area contributed by atoms with Crippen LogP contribution in [0.3, 0.4) is 0 Å². The Labute approximate surface area is 287 Å². The molecule has 2 N–H and O–H groups in total. The summed E-state index contributed by atoms with van der Waals surface area (Å²) in [5.41, 5.74) is 0.0435. The number of phenols is 1. The normalized spacial score (nSPS) is 22.6. The Hall–Kier alpha value is -3.83. The van der Waals surface area contributed by atoms with E-state index in [-0.39, 0.29) is 67.9 Å². The van der Waals surface area contributed by atoms with Gasteiger partial charge in [0.15, 0.2) is 22.6 Å². The van der Waals surface area contributed by atoms with E-state index in [4.69, 9.17) is 20.9 Å². The second kappa shape index (κ2) is 12.2. The van der Waals surface area contributed by atoms with Gasteiger partial charge in [-0.3, -0.25) is 4.31 Å². The summed E-state index contributed by atoms with van der Waals surface area (Å²) < 4.78 is 60.8. The molecule has 10 nitrogen and oxygen atoms in total. The SMILES string of the molecule is C#Cc1c(F)ccc2cc(O)cc(C3=C(F)c4nc(OCC5(CN(C)C)CC5)nc(N5CCC6(CC5)CNC6)c4S(=O)N3CC3COC3)c12. The Balaban J connectivity index is 1.30. The minimum Gasteiger partial charge on any atom is -0.508 e. The smallest absolute Gasteiger partial charge is 0.319 e. The van der Waals surface area contributed by atoms with Crippen molar-refractivity contribution < 1.29 is 27.6 Å². The van der Waals surface area contributed by atoms with Crippen molar-refractivity contribution >= 4 is 39.1 Å². The van der Waals surface area contributed by atoms with Crippen molar-refractivity contribution in [3.8, 4) is 24.1 Å². The molecule has 8 rings (SSSR count). The highest BCUT2D eigenvalue weighted by molar-refractivity contribution is 7.83. The van der Waals surface area contributed by atoms with Crippen molar-refractivity contribution in [3.05, 3.63) is 46.9 Å². The number of aromatic hydroxyl groups is 1. The van der Waals surface area contributed by atoms with Gasteiger partial charge in [-0.25, -0.2) is 13.0 Å². The zero-order valence-corrected chi connectivity index (χ0v) is 28.5. The van der Waals surface area contributed by atoms with Gasteiger partial charge in [0.25, 0.3) is 0 Å². The second-order valence-electron chi connectivity index (χ2n) is 14.7. The third kappa shape index (κ3) is 5.72. The number of piperidine rings is 1. The summed E-state index contributed by atoms with van der Waals surface area (Å²) >= 11 is 0. The van der Waals surface area contributed by atoms with Crippen molar-refractivity contribution in [2.75, 3.05) is 78.1 Å². The third-order valence-electron chi connectivity index (χ3n) is 10.7. The Morgan fingerprint density at radius 1 is 1.16 bits per heavy atom. The number of ether oxygens (including phenoxy) is 2. The number of phenolic OH excluding ortho intramolecular Hbond substituents is 1. The Bertz CT molecular complexity index is 1920. The number of hydrogen-bond acceptors (Lipinski definition) is 9. The second-order valence-corrected chi connectivity index (χ2v) is 16.0. The first-order chi connectivity index (χ1) is 23.6. The van der Waals surface area contributed by atoms with E-state index in [0.29, 0.717) is 44.1 Å². The molecular weight excluding hydrogens is 650 g/mol. The van der Waals surface area contributed by atoms with E-state index in [1.54, 1.807) is 0 Å². The minimum absolute atomic E-state index is 0.0212. The fourth-order valence-corrected chi connectivity index (χ4v) is 9.19. The van der Waals surface area contributed by atoms with Gasteiger partial charge in [0, 0.05) is 61.6 Å². The number of hydrogen-bond donors (Lipinski definition) is 2. The van der Waals surface area contributed by atoms with Crippen LogP contribution in [-0.4, -0.2) is 102 Å². The van der Waals surface area contributed by atoms with E-state index in [1.807, 2.05) is 14.1 Å². The topological polar surface area (TPSA) is 103 Å². The van der Waals surface area contributed by atoms with E-state index in [1.165, 1.54) is 28.6 Å². The van der Waals surface area contributed by atoms with Crippen LogP contribution in [0.2, 0.25) is 0 Å². The Morgan fingerprint density at radius 2 is 1.92 bits per heavy atom. The number of nitrogens with zero attached hydrogens (tertiary/aromatic N) is 5. The summed E-state index contributed by atoms with van der Waals surface area (Å²) in [5.74, 6) is 1.19. The summed E-state index contributed by atoms with van der Waals surface area (Å²) in [6.07, 6.45) is 9.66. The number of benzene rings is 2. The molecule has 3 saturated heterocycles. The summed E-state index contributed by atoms with van der Waals surface area (Å²) in [6.45, 7) is 5.52. The molecule has 1 saturated carbocycles. The van der Waals surface area contributed by atoms with Crippen LogP contribution in [0.15, 0.2) is 29.2 Å². The van der Waals surface area contributed by atoms with Gasteiger partial charge in [0.2, 0.25) is 0 Å². The molecule has 0 radical (unpaired) electrons. The molecule has 1 aromatic heterocycles. The maximum absolute atomic E-state index is 17.6. The predicted octanol–water partition coefficient (Wildman–Crippen LogP) is 4.15. The molecule has 4 fully saturated rings. The predicted molar refractivity (Wildman–Crippen MR) is 183 cm³/mol. The molecule has 4 aliphatic heterocycles. The lowest BCUT2D eigenvalue weighted by atomic mass is 9.73. The van der Waals surface area contributed by atoms with Crippen LogP contribution >= 0.6 is 0 Å². The van der Waals surface area contributed by atoms with Crippen LogP contribution in [0.5, 0.6) is 11.8 Å². The fraction of sp³-hybridized carbons (Fsp3) is 0.500. The maximum Gasteiger partial charge on any atom is 0.319 e. The zero-order valence-electron chi connectivity index (χ0n) is 27.7. The molecule has 1 atom stereocenters. The molecule has 258 valence electrons. The third-order valence-corrected chi connectivity index (χ3v) is 12.1. The number of nitrogens with one attached hydrogen (secondary N) is 1. The summed E-state index contributed by atoms with van der Waals surface area (Å²) in [4.78, 5) is 13.9. The molecule has 1 spiro atoms. The number of terminal acetylenes is 1. The maximum atomic E-state index is 17.6. The fourth-order valence-electron chi connectivity index (χ4n) is 7.65. The number of rotatable bonds is 9. The largest absolute Gasteiger partial charge is 0.508 e. The number of halogens is 2. The van der Waals surface area contributed by atoms with Gasteiger partial charge in [-0.05, 0) is 68.8 Å².